The largest absolute Gasteiger partial charge is 0.352 e. The van der Waals surface area contributed by atoms with E-state index in [2.05, 4.69) is 10.0 Å². The molecule has 0 fully saturated rings. The zero-order chi connectivity index (χ0) is 16.4. The summed E-state index contributed by atoms with van der Waals surface area (Å²) < 4.78 is 27.4. The van der Waals surface area contributed by atoms with Crippen molar-refractivity contribution in [2.75, 3.05) is 13.1 Å². The van der Waals surface area contributed by atoms with Gasteiger partial charge in [-0.25, -0.2) is 13.1 Å². The number of hydrogen-bond donors (Lipinski definition) is 3. The SMILES string of the molecule is CCC(N)(CC)CNS(=O)(=O)c1ccc2c(c1)C(=O)NCC2.Cl. The van der Waals surface area contributed by atoms with E-state index in [-0.39, 0.29) is 29.8 Å². The average molecular weight is 362 g/mol. The van der Waals surface area contributed by atoms with Gasteiger partial charge < -0.3 is 11.1 Å². The van der Waals surface area contributed by atoms with Crippen molar-refractivity contribution in [3.63, 3.8) is 0 Å². The van der Waals surface area contributed by atoms with Crippen LogP contribution >= 0.6 is 12.4 Å². The van der Waals surface area contributed by atoms with Crippen LogP contribution in [0.25, 0.3) is 0 Å². The Bertz CT molecular complexity index is 673. The summed E-state index contributed by atoms with van der Waals surface area (Å²) in [6.45, 7) is 4.62. The van der Waals surface area contributed by atoms with Crippen molar-refractivity contribution >= 4 is 28.3 Å². The first kappa shape index (κ1) is 19.9. The Morgan fingerprint density at radius 2 is 1.96 bits per heavy atom. The third-order valence-electron chi connectivity index (χ3n) is 4.34. The van der Waals surface area contributed by atoms with E-state index in [9.17, 15) is 13.2 Å². The second kappa shape index (κ2) is 7.61. The van der Waals surface area contributed by atoms with Crippen molar-refractivity contribution in [2.24, 2.45) is 5.73 Å². The monoisotopic (exact) mass is 361 g/mol. The van der Waals surface area contributed by atoms with Crippen LogP contribution in [0.3, 0.4) is 0 Å². The highest BCUT2D eigenvalue weighted by molar-refractivity contribution is 7.89. The van der Waals surface area contributed by atoms with Gasteiger partial charge in [-0.2, -0.15) is 0 Å². The van der Waals surface area contributed by atoms with Gasteiger partial charge in [0, 0.05) is 24.2 Å². The number of halogens is 1. The summed E-state index contributed by atoms with van der Waals surface area (Å²) in [5.41, 5.74) is 6.87. The predicted molar refractivity (Wildman–Crippen MR) is 92.4 cm³/mol. The Hall–Kier alpha value is -1.15. The Morgan fingerprint density at radius 3 is 2.57 bits per heavy atom. The molecule has 0 bridgehead atoms. The quantitative estimate of drug-likeness (QED) is 0.708. The van der Waals surface area contributed by atoms with Crippen LogP contribution < -0.4 is 15.8 Å². The number of benzene rings is 1. The molecule has 1 heterocycles. The highest BCUT2D eigenvalue weighted by Gasteiger charge is 2.25. The molecule has 0 radical (unpaired) electrons. The third kappa shape index (κ3) is 4.44. The fourth-order valence-electron chi connectivity index (χ4n) is 2.38. The van der Waals surface area contributed by atoms with E-state index in [4.69, 9.17) is 5.73 Å². The van der Waals surface area contributed by atoms with E-state index in [0.717, 1.165) is 5.56 Å². The fraction of sp³-hybridized carbons (Fsp3) is 0.533. The molecular formula is C15H24ClN3O3S. The number of amides is 1. The Balaban J connectivity index is 0.00000264. The van der Waals surface area contributed by atoms with E-state index in [1.807, 2.05) is 13.8 Å². The molecule has 0 atom stereocenters. The summed E-state index contributed by atoms with van der Waals surface area (Å²) in [4.78, 5) is 11.9. The Morgan fingerprint density at radius 1 is 1.30 bits per heavy atom. The maximum absolute atomic E-state index is 12.4. The predicted octanol–water partition coefficient (Wildman–Crippen LogP) is 1.19. The number of carbonyl (C=O) groups excluding carboxylic acids is 1. The maximum Gasteiger partial charge on any atom is 0.251 e. The molecule has 1 aromatic carbocycles. The molecule has 8 heteroatoms. The number of carbonyl (C=O) groups is 1. The molecule has 1 aliphatic rings. The van der Waals surface area contributed by atoms with Crippen molar-refractivity contribution < 1.29 is 13.2 Å². The molecule has 0 aliphatic carbocycles. The normalized spacial score (nSPS) is 14.7. The van der Waals surface area contributed by atoms with Gasteiger partial charge in [0.15, 0.2) is 0 Å². The standard InChI is InChI=1S/C15H23N3O3S.ClH/c1-3-15(16,4-2)10-18-22(20,21)12-6-5-11-7-8-17-14(19)13(11)9-12;/h5-6,9,18H,3-4,7-8,10,16H2,1-2H3,(H,17,19);1H. The van der Waals surface area contributed by atoms with Gasteiger partial charge in [-0.05, 0) is 37.0 Å². The minimum Gasteiger partial charge on any atom is -0.352 e. The Labute approximate surface area is 143 Å². The molecule has 0 aromatic heterocycles. The smallest absolute Gasteiger partial charge is 0.251 e. The van der Waals surface area contributed by atoms with Crippen LogP contribution in [-0.2, 0) is 16.4 Å². The molecule has 0 saturated heterocycles. The lowest BCUT2D eigenvalue weighted by Gasteiger charge is -2.26. The van der Waals surface area contributed by atoms with Crippen LogP contribution in [0, 0.1) is 0 Å². The van der Waals surface area contributed by atoms with Crippen molar-refractivity contribution in [1.29, 1.82) is 0 Å². The molecule has 0 unspecified atom stereocenters. The highest BCUT2D eigenvalue weighted by atomic mass is 35.5. The summed E-state index contributed by atoms with van der Waals surface area (Å²) in [5, 5.41) is 2.72. The minimum atomic E-state index is -3.68. The topological polar surface area (TPSA) is 101 Å². The maximum atomic E-state index is 12.4. The summed E-state index contributed by atoms with van der Waals surface area (Å²) >= 11 is 0. The van der Waals surface area contributed by atoms with Gasteiger partial charge in [-0.1, -0.05) is 19.9 Å². The molecule has 1 aliphatic heterocycles. The molecule has 23 heavy (non-hydrogen) atoms. The van der Waals surface area contributed by atoms with Gasteiger partial charge in [0.05, 0.1) is 4.90 Å². The van der Waals surface area contributed by atoms with Gasteiger partial charge in [0.25, 0.3) is 5.91 Å². The zero-order valence-corrected chi connectivity index (χ0v) is 15.0. The van der Waals surface area contributed by atoms with E-state index in [1.165, 1.54) is 12.1 Å². The molecule has 1 aromatic rings. The number of nitrogens with one attached hydrogen (secondary N) is 2. The molecule has 0 spiro atoms. The average Bonchev–Trinajstić information content (AvgIpc) is 2.53. The van der Waals surface area contributed by atoms with Crippen LogP contribution in [0.4, 0.5) is 0 Å². The van der Waals surface area contributed by atoms with E-state index in [0.29, 0.717) is 31.4 Å². The third-order valence-corrected chi connectivity index (χ3v) is 5.74. The zero-order valence-electron chi connectivity index (χ0n) is 13.4. The fourth-order valence-corrected chi connectivity index (χ4v) is 3.54. The first-order valence-corrected chi connectivity index (χ1v) is 8.99. The lowest BCUT2D eigenvalue weighted by Crippen LogP contribution is -2.49. The van der Waals surface area contributed by atoms with Gasteiger partial charge in [0.1, 0.15) is 0 Å². The van der Waals surface area contributed by atoms with Crippen molar-refractivity contribution in [3.8, 4) is 0 Å². The summed E-state index contributed by atoms with van der Waals surface area (Å²) in [7, 11) is -3.68. The number of sulfonamides is 1. The van der Waals surface area contributed by atoms with Crippen LogP contribution in [0.1, 0.15) is 42.6 Å². The molecule has 0 saturated carbocycles. The van der Waals surface area contributed by atoms with Crippen LogP contribution in [0.15, 0.2) is 23.1 Å². The van der Waals surface area contributed by atoms with Crippen LogP contribution in [0.5, 0.6) is 0 Å². The number of fused-ring (bicyclic) bond motifs is 1. The van der Waals surface area contributed by atoms with Crippen molar-refractivity contribution in [3.05, 3.63) is 29.3 Å². The van der Waals surface area contributed by atoms with Crippen LogP contribution in [-0.4, -0.2) is 33.0 Å². The lowest BCUT2D eigenvalue weighted by atomic mass is 9.95. The first-order valence-electron chi connectivity index (χ1n) is 7.51. The first-order chi connectivity index (χ1) is 10.3. The number of rotatable bonds is 6. The molecule has 2 rings (SSSR count). The van der Waals surface area contributed by atoms with Crippen LogP contribution in [0.2, 0.25) is 0 Å². The highest BCUT2D eigenvalue weighted by Crippen LogP contribution is 2.19. The van der Waals surface area contributed by atoms with E-state index < -0.39 is 15.6 Å². The summed E-state index contributed by atoms with van der Waals surface area (Å²) in [6.07, 6.45) is 2.07. The molecule has 4 N–H and O–H groups in total. The lowest BCUT2D eigenvalue weighted by molar-refractivity contribution is 0.0945. The van der Waals surface area contributed by atoms with Gasteiger partial charge in [-0.15, -0.1) is 12.4 Å². The summed E-state index contributed by atoms with van der Waals surface area (Å²) in [6, 6.07) is 4.68. The van der Waals surface area contributed by atoms with E-state index >= 15 is 0 Å². The Kier molecular flexibility index (Phi) is 6.59. The van der Waals surface area contributed by atoms with Crippen molar-refractivity contribution in [2.45, 2.75) is 43.5 Å². The molecular weight excluding hydrogens is 338 g/mol. The second-order valence-electron chi connectivity index (χ2n) is 5.72. The van der Waals surface area contributed by atoms with E-state index in [1.54, 1.807) is 6.07 Å². The second-order valence-corrected chi connectivity index (χ2v) is 7.49. The van der Waals surface area contributed by atoms with Crippen molar-refractivity contribution in [1.82, 2.24) is 10.0 Å². The van der Waals surface area contributed by atoms with Gasteiger partial charge >= 0.3 is 0 Å². The molecule has 6 nitrogen and oxygen atoms in total. The molecule has 130 valence electrons. The van der Waals surface area contributed by atoms with Gasteiger partial charge in [0.2, 0.25) is 10.0 Å². The number of nitrogens with two attached hydrogens (primary N) is 1. The molecule has 1 amide bonds. The van der Waals surface area contributed by atoms with Gasteiger partial charge in [-0.3, -0.25) is 4.79 Å². The minimum absolute atomic E-state index is 0. The summed E-state index contributed by atoms with van der Waals surface area (Å²) in [5.74, 6) is -0.228. The number of hydrogen-bond acceptors (Lipinski definition) is 4.